The summed E-state index contributed by atoms with van der Waals surface area (Å²) in [7, 11) is -3.56. The number of nitriles is 1. The van der Waals surface area contributed by atoms with Crippen LogP contribution in [0.4, 0.5) is 5.69 Å². The molecule has 0 aliphatic carbocycles. The number of rotatable bonds is 7. The van der Waals surface area contributed by atoms with E-state index in [1.165, 1.54) is 0 Å². The van der Waals surface area contributed by atoms with Crippen molar-refractivity contribution >= 4 is 27.3 Å². The average Bonchev–Trinajstić information content (AvgIpc) is 3.19. The zero-order chi connectivity index (χ0) is 19.3. The molecule has 1 aliphatic rings. The lowest BCUT2D eigenvalue weighted by Crippen LogP contribution is -2.31. The Kier molecular flexibility index (Phi) is 6.34. The quantitative estimate of drug-likeness (QED) is 0.737. The molecule has 2 N–H and O–H groups in total. The summed E-state index contributed by atoms with van der Waals surface area (Å²) in [6.45, 7) is 1.39. The Hall–Kier alpha value is -2.11. The van der Waals surface area contributed by atoms with Crippen LogP contribution in [0, 0.1) is 11.3 Å². The highest BCUT2D eigenvalue weighted by Crippen LogP contribution is 2.26. The number of hydrogen-bond acceptors (Lipinski definition) is 5. The van der Waals surface area contributed by atoms with Crippen LogP contribution < -0.4 is 10.0 Å². The van der Waals surface area contributed by atoms with Crippen LogP contribution in [-0.4, -0.2) is 27.7 Å². The van der Waals surface area contributed by atoms with Gasteiger partial charge in [-0.25, -0.2) is 13.1 Å². The lowest BCUT2D eigenvalue weighted by Gasteiger charge is -2.12. The van der Waals surface area contributed by atoms with Gasteiger partial charge < -0.3 is 10.1 Å². The van der Waals surface area contributed by atoms with Crippen molar-refractivity contribution < 1.29 is 13.2 Å². The molecule has 0 saturated carbocycles. The highest BCUT2D eigenvalue weighted by Gasteiger charge is 2.20. The van der Waals surface area contributed by atoms with Gasteiger partial charge in [-0.15, -0.1) is 0 Å². The van der Waals surface area contributed by atoms with Crippen molar-refractivity contribution in [2.24, 2.45) is 0 Å². The molecule has 1 aliphatic heterocycles. The smallest absolute Gasteiger partial charge is 0.240 e. The van der Waals surface area contributed by atoms with Crippen LogP contribution in [0.1, 0.15) is 24.0 Å². The summed E-state index contributed by atoms with van der Waals surface area (Å²) in [5.74, 6) is 0. The van der Waals surface area contributed by atoms with E-state index in [0.29, 0.717) is 29.4 Å². The van der Waals surface area contributed by atoms with E-state index in [-0.39, 0.29) is 17.5 Å². The van der Waals surface area contributed by atoms with Crippen LogP contribution in [-0.2, 0) is 21.3 Å². The van der Waals surface area contributed by atoms with Gasteiger partial charge in [-0.05, 0) is 42.7 Å². The lowest BCUT2D eigenvalue weighted by atomic mass is 10.1. The van der Waals surface area contributed by atoms with Crippen LogP contribution >= 0.6 is 11.6 Å². The van der Waals surface area contributed by atoms with Gasteiger partial charge in [0.1, 0.15) is 6.07 Å². The third kappa shape index (κ3) is 4.99. The minimum absolute atomic E-state index is 0.0480. The third-order valence-electron chi connectivity index (χ3n) is 4.36. The first-order valence-corrected chi connectivity index (χ1v) is 10.5. The van der Waals surface area contributed by atoms with E-state index >= 15 is 0 Å². The van der Waals surface area contributed by atoms with E-state index in [1.54, 1.807) is 42.5 Å². The molecule has 0 radical (unpaired) electrons. The molecule has 1 heterocycles. The molecule has 0 spiro atoms. The van der Waals surface area contributed by atoms with Crippen molar-refractivity contribution in [3.05, 3.63) is 58.6 Å². The average molecular weight is 406 g/mol. The Morgan fingerprint density at radius 1 is 1.22 bits per heavy atom. The molecule has 1 fully saturated rings. The van der Waals surface area contributed by atoms with Crippen LogP contribution in [0.25, 0.3) is 0 Å². The van der Waals surface area contributed by atoms with Crippen LogP contribution in [0.3, 0.4) is 0 Å². The van der Waals surface area contributed by atoms with E-state index in [0.717, 1.165) is 18.4 Å². The summed E-state index contributed by atoms with van der Waals surface area (Å²) in [6.07, 6.45) is 1.79. The molecule has 0 aromatic heterocycles. The van der Waals surface area contributed by atoms with Crippen LogP contribution in [0.15, 0.2) is 47.4 Å². The Morgan fingerprint density at radius 2 is 2.00 bits per heavy atom. The number of anilines is 1. The Balaban J connectivity index is 1.62. The standard InChI is InChI=1S/C19H20ClN3O3S/c20-18-5-1-3-15(11-21)19(18)22-12-14-6-8-17(9-7-14)27(24,25)23-13-16-4-2-10-26-16/h1,3,5-9,16,22-23H,2,4,10,12-13H2. The second kappa shape index (κ2) is 8.72. The maximum Gasteiger partial charge on any atom is 0.240 e. The summed E-state index contributed by atoms with van der Waals surface area (Å²) in [5.41, 5.74) is 1.90. The molecule has 6 nitrogen and oxygen atoms in total. The van der Waals surface area contributed by atoms with Gasteiger partial charge in [0.05, 0.1) is 27.3 Å². The van der Waals surface area contributed by atoms with Gasteiger partial charge in [0.2, 0.25) is 10.0 Å². The van der Waals surface area contributed by atoms with Crippen molar-refractivity contribution in [2.45, 2.75) is 30.4 Å². The van der Waals surface area contributed by atoms with Crippen LogP contribution in [0.2, 0.25) is 5.02 Å². The molecule has 0 bridgehead atoms. The van der Waals surface area contributed by atoms with Gasteiger partial charge in [-0.2, -0.15) is 5.26 Å². The van der Waals surface area contributed by atoms with Crippen molar-refractivity contribution in [3.63, 3.8) is 0 Å². The molecule has 2 aromatic carbocycles. The zero-order valence-electron chi connectivity index (χ0n) is 14.6. The lowest BCUT2D eigenvalue weighted by molar-refractivity contribution is 0.114. The first-order chi connectivity index (χ1) is 13.0. The number of sulfonamides is 1. The summed E-state index contributed by atoms with van der Waals surface area (Å²) in [5, 5.41) is 12.8. The van der Waals surface area contributed by atoms with Crippen molar-refractivity contribution in [1.82, 2.24) is 4.72 Å². The molecular weight excluding hydrogens is 386 g/mol. The number of nitrogens with one attached hydrogen (secondary N) is 2. The highest BCUT2D eigenvalue weighted by molar-refractivity contribution is 7.89. The molecule has 1 atom stereocenters. The maximum absolute atomic E-state index is 12.4. The molecule has 2 aromatic rings. The maximum atomic E-state index is 12.4. The summed E-state index contributed by atoms with van der Waals surface area (Å²) in [6, 6.07) is 13.8. The first-order valence-electron chi connectivity index (χ1n) is 8.62. The van der Waals surface area contributed by atoms with Gasteiger partial charge >= 0.3 is 0 Å². The fraction of sp³-hybridized carbons (Fsp3) is 0.316. The molecule has 8 heteroatoms. The molecule has 1 unspecified atom stereocenters. The number of halogens is 1. The second-order valence-corrected chi connectivity index (χ2v) is 8.43. The van der Waals surface area contributed by atoms with Gasteiger partial charge in [-0.1, -0.05) is 29.8 Å². The number of benzene rings is 2. The molecule has 3 rings (SSSR count). The molecule has 142 valence electrons. The van der Waals surface area contributed by atoms with Gasteiger partial charge in [0, 0.05) is 19.7 Å². The molecule has 1 saturated heterocycles. The van der Waals surface area contributed by atoms with E-state index in [1.807, 2.05) is 0 Å². The fourth-order valence-corrected chi connectivity index (χ4v) is 4.17. The molecular formula is C19H20ClN3O3S. The first kappa shape index (κ1) is 19.6. The third-order valence-corrected chi connectivity index (χ3v) is 6.12. The molecule has 0 amide bonds. The Morgan fingerprint density at radius 3 is 2.67 bits per heavy atom. The van der Waals surface area contributed by atoms with Crippen molar-refractivity contribution in [1.29, 1.82) is 5.26 Å². The number of hydrogen-bond donors (Lipinski definition) is 2. The Labute approximate surface area is 164 Å². The number of para-hydroxylation sites is 1. The minimum atomic E-state index is -3.56. The molecule has 27 heavy (non-hydrogen) atoms. The highest BCUT2D eigenvalue weighted by atomic mass is 35.5. The number of ether oxygens (including phenoxy) is 1. The normalized spacial score (nSPS) is 16.8. The van der Waals surface area contributed by atoms with E-state index < -0.39 is 10.0 Å². The van der Waals surface area contributed by atoms with E-state index in [9.17, 15) is 8.42 Å². The topological polar surface area (TPSA) is 91.2 Å². The monoisotopic (exact) mass is 405 g/mol. The largest absolute Gasteiger partial charge is 0.379 e. The van der Waals surface area contributed by atoms with Gasteiger partial charge in [0.25, 0.3) is 0 Å². The zero-order valence-corrected chi connectivity index (χ0v) is 16.2. The van der Waals surface area contributed by atoms with Crippen LogP contribution in [0.5, 0.6) is 0 Å². The minimum Gasteiger partial charge on any atom is -0.379 e. The SMILES string of the molecule is N#Cc1cccc(Cl)c1NCc1ccc(S(=O)(=O)NCC2CCCO2)cc1. The van der Waals surface area contributed by atoms with E-state index in [2.05, 4.69) is 16.1 Å². The van der Waals surface area contributed by atoms with Crippen molar-refractivity contribution in [3.8, 4) is 6.07 Å². The Bertz CT molecular complexity index is 934. The summed E-state index contributed by atoms with van der Waals surface area (Å²) in [4.78, 5) is 0.208. The summed E-state index contributed by atoms with van der Waals surface area (Å²) < 4.78 is 32.8. The van der Waals surface area contributed by atoms with Crippen molar-refractivity contribution in [2.75, 3.05) is 18.5 Å². The second-order valence-electron chi connectivity index (χ2n) is 6.26. The predicted molar refractivity (Wildman–Crippen MR) is 104 cm³/mol. The fourth-order valence-electron chi connectivity index (χ4n) is 2.87. The summed E-state index contributed by atoms with van der Waals surface area (Å²) >= 11 is 6.14. The van der Waals surface area contributed by atoms with E-state index in [4.69, 9.17) is 21.6 Å². The van der Waals surface area contributed by atoms with Gasteiger partial charge in [-0.3, -0.25) is 0 Å². The predicted octanol–water partition coefficient (Wildman–Crippen LogP) is 3.28. The number of nitrogens with zero attached hydrogens (tertiary/aromatic N) is 1. The van der Waals surface area contributed by atoms with Gasteiger partial charge in [0.15, 0.2) is 0 Å².